The molecule has 1 fully saturated rings. The molecule has 0 radical (unpaired) electrons. The second kappa shape index (κ2) is 4.78. The lowest BCUT2D eigenvalue weighted by atomic mass is 10.1. The molecule has 2 aromatic rings. The van der Waals surface area contributed by atoms with Gasteiger partial charge in [-0.3, -0.25) is 0 Å². The molecule has 0 amide bonds. The molecule has 3 rings (SSSR count). The van der Waals surface area contributed by atoms with Gasteiger partial charge in [0.15, 0.2) is 0 Å². The second-order valence-electron chi connectivity index (χ2n) is 4.77. The minimum atomic E-state index is -0.198. The van der Waals surface area contributed by atoms with Crippen LogP contribution in [-0.2, 0) is 6.54 Å². The molecule has 0 unspecified atom stereocenters. The van der Waals surface area contributed by atoms with Crippen molar-refractivity contribution in [2.75, 3.05) is 0 Å². The zero-order valence-corrected chi connectivity index (χ0v) is 11.1. The number of thiazole rings is 1. The number of rotatable bonds is 4. The van der Waals surface area contributed by atoms with Gasteiger partial charge in [-0.1, -0.05) is 11.6 Å². The number of aromatic nitrogens is 1. The lowest BCUT2D eigenvalue weighted by Crippen LogP contribution is -2.14. The quantitative estimate of drug-likeness (QED) is 0.912. The van der Waals surface area contributed by atoms with Crippen molar-refractivity contribution < 1.29 is 4.39 Å². The minimum Gasteiger partial charge on any atom is -0.309 e. The van der Waals surface area contributed by atoms with Gasteiger partial charge in [-0.2, -0.15) is 0 Å². The highest BCUT2D eigenvalue weighted by Gasteiger charge is 2.20. The van der Waals surface area contributed by atoms with Gasteiger partial charge in [0.25, 0.3) is 0 Å². The average molecular weight is 262 g/mol. The van der Waals surface area contributed by atoms with E-state index >= 15 is 0 Å². The Morgan fingerprint density at radius 2 is 2.28 bits per heavy atom. The Morgan fingerprint density at radius 1 is 1.44 bits per heavy atom. The summed E-state index contributed by atoms with van der Waals surface area (Å²) < 4.78 is 13.7. The Kier molecular flexibility index (Phi) is 3.14. The number of nitrogens with one attached hydrogen (secondary N) is 1. The summed E-state index contributed by atoms with van der Waals surface area (Å²) in [6, 6.07) is 5.83. The Labute approximate surface area is 110 Å². The normalized spacial score (nSPS) is 15.0. The summed E-state index contributed by atoms with van der Waals surface area (Å²) in [6.45, 7) is 2.81. The molecular formula is C14H15FN2S. The maximum absolute atomic E-state index is 13.7. The molecule has 2 nitrogen and oxygen atoms in total. The maximum Gasteiger partial charge on any atom is 0.133 e. The maximum atomic E-state index is 13.7. The Bertz CT molecular complexity index is 561. The smallest absolute Gasteiger partial charge is 0.133 e. The predicted molar refractivity (Wildman–Crippen MR) is 72.1 cm³/mol. The molecule has 18 heavy (non-hydrogen) atoms. The van der Waals surface area contributed by atoms with E-state index in [2.05, 4.69) is 10.3 Å². The van der Waals surface area contributed by atoms with Crippen molar-refractivity contribution in [2.24, 2.45) is 0 Å². The van der Waals surface area contributed by atoms with E-state index in [1.165, 1.54) is 18.9 Å². The molecule has 0 saturated heterocycles. The molecule has 1 aliphatic rings. The zero-order valence-electron chi connectivity index (χ0n) is 10.2. The summed E-state index contributed by atoms with van der Waals surface area (Å²) in [6.07, 6.45) is 4.40. The molecule has 4 heteroatoms. The Morgan fingerprint density at radius 3 is 3.06 bits per heavy atom. The summed E-state index contributed by atoms with van der Waals surface area (Å²) in [7, 11) is 0. The molecule has 94 valence electrons. The van der Waals surface area contributed by atoms with Crippen molar-refractivity contribution in [1.82, 2.24) is 10.3 Å². The van der Waals surface area contributed by atoms with E-state index in [1.807, 2.05) is 19.2 Å². The van der Waals surface area contributed by atoms with E-state index in [1.54, 1.807) is 17.4 Å². The van der Waals surface area contributed by atoms with Crippen LogP contribution in [0, 0.1) is 12.7 Å². The first-order valence-electron chi connectivity index (χ1n) is 6.17. The van der Waals surface area contributed by atoms with Crippen LogP contribution in [0.15, 0.2) is 24.4 Å². The number of halogens is 1. The van der Waals surface area contributed by atoms with Gasteiger partial charge >= 0.3 is 0 Å². The summed E-state index contributed by atoms with van der Waals surface area (Å²) in [5.74, 6) is -0.198. The van der Waals surface area contributed by atoms with E-state index in [4.69, 9.17) is 0 Å². The molecule has 1 aromatic heterocycles. The van der Waals surface area contributed by atoms with Gasteiger partial charge in [0, 0.05) is 29.2 Å². The molecule has 0 atom stereocenters. The lowest BCUT2D eigenvalue weighted by molar-refractivity contribution is 0.631. The highest BCUT2D eigenvalue weighted by molar-refractivity contribution is 7.15. The van der Waals surface area contributed by atoms with Crippen LogP contribution in [0.5, 0.6) is 0 Å². The van der Waals surface area contributed by atoms with Crippen molar-refractivity contribution in [1.29, 1.82) is 0 Å². The van der Waals surface area contributed by atoms with Gasteiger partial charge in [0.2, 0.25) is 0 Å². The van der Waals surface area contributed by atoms with Crippen molar-refractivity contribution in [2.45, 2.75) is 32.4 Å². The third-order valence-electron chi connectivity index (χ3n) is 3.05. The fourth-order valence-corrected chi connectivity index (χ4v) is 2.73. The number of hydrogen-bond acceptors (Lipinski definition) is 3. The number of benzene rings is 1. The van der Waals surface area contributed by atoms with E-state index in [0.29, 0.717) is 11.6 Å². The second-order valence-corrected chi connectivity index (χ2v) is 5.89. The van der Waals surface area contributed by atoms with E-state index in [-0.39, 0.29) is 5.82 Å². The Balaban J connectivity index is 1.80. The third-order valence-corrected chi connectivity index (χ3v) is 4.08. The van der Waals surface area contributed by atoms with Gasteiger partial charge in [-0.25, -0.2) is 9.37 Å². The average Bonchev–Trinajstić information content (AvgIpc) is 3.08. The van der Waals surface area contributed by atoms with Crippen LogP contribution < -0.4 is 5.32 Å². The van der Waals surface area contributed by atoms with Crippen LogP contribution in [-0.4, -0.2) is 11.0 Å². The fraction of sp³-hybridized carbons (Fsp3) is 0.357. The first-order valence-corrected chi connectivity index (χ1v) is 6.98. The first-order chi connectivity index (χ1) is 8.72. The third kappa shape index (κ3) is 2.60. The largest absolute Gasteiger partial charge is 0.309 e. The summed E-state index contributed by atoms with van der Waals surface area (Å²) in [5.41, 5.74) is 1.66. The molecule has 1 aromatic carbocycles. The Hall–Kier alpha value is -1.26. The predicted octanol–water partition coefficient (Wildman–Crippen LogP) is 3.51. The van der Waals surface area contributed by atoms with Gasteiger partial charge in [-0.15, -0.1) is 11.3 Å². The van der Waals surface area contributed by atoms with Crippen LogP contribution in [0.4, 0.5) is 4.39 Å². The van der Waals surface area contributed by atoms with E-state index in [0.717, 1.165) is 22.0 Å². The highest BCUT2D eigenvalue weighted by Crippen LogP contribution is 2.29. The zero-order chi connectivity index (χ0) is 12.5. The van der Waals surface area contributed by atoms with Crippen molar-refractivity contribution in [3.05, 3.63) is 40.7 Å². The molecule has 0 aliphatic heterocycles. The summed E-state index contributed by atoms with van der Waals surface area (Å²) >= 11 is 1.56. The standard InChI is InChI=1S/C14H15FN2S/c1-9-2-5-13(15)12(6-9)14-17-8-11(18-14)7-16-10-3-4-10/h2,5-6,8,10,16H,3-4,7H2,1H3. The molecule has 0 spiro atoms. The number of hydrogen-bond donors (Lipinski definition) is 1. The number of aryl methyl sites for hydroxylation is 1. The van der Waals surface area contributed by atoms with Crippen LogP contribution in [0.1, 0.15) is 23.3 Å². The van der Waals surface area contributed by atoms with Crippen LogP contribution in [0.25, 0.3) is 10.6 Å². The fourth-order valence-electron chi connectivity index (χ4n) is 1.85. The molecule has 1 heterocycles. The van der Waals surface area contributed by atoms with Crippen LogP contribution >= 0.6 is 11.3 Å². The summed E-state index contributed by atoms with van der Waals surface area (Å²) in [4.78, 5) is 5.49. The van der Waals surface area contributed by atoms with Gasteiger partial charge in [-0.05, 0) is 31.9 Å². The summed E-state index contributed by atoms with van der Waals surface area (Å²) in [5, 5.41) is 4.21. The van der Waals surface area contributed by atoms with Crippen LogP contribution in [0.2, 0.25) is 0 Å². The number of nitrogens with zero attached hydrogens (tertiary/aromatic N) is 1. The first kappa shape index (κ1) is 11.8. The monoisotopic (exact) mass is 262 g/mol. The molecule has 0 bridgehead atoms. The van der Waals surface area contributed by atoms with Crippen molar-refractivity contribution in [3.8, 4) is 10.6 Å². The van der Waals surface area contributed by atoms with Gasteiger partial charge in [0.1, 0.15) is 10.8 Å². The van der Waals surface area contributed by atoms with E-state index < -0.39 is 0 Å². The molecule has 1 aliphatic carbocycles. The van der Waals surface area contributed by atoms with E-state index in [9.17, 15) is 4.39 Å². The SMILES string of the molecule is Cc1ccc(F)c(-c2ncc(CNC3CC3)s2)c1. The van der Waals surface area contributed by atoms with Crippen LogP contribution in [0.3, 0.4) is 0 Å². The van der Waals surface area contributed by atoms with Gasteiger partial charge < -0.3 is 5.32 Å². The molecule has 1 N–H and O–H groups in total. The molecular weight excluding hydrogens is 247 g/mol. The highest BCUT2D eigenvalue weighted by atomic mass is 32.1. The topological polar surface area (TPSA) is 24.9 Å². The van der Waals surface area contributed by atoms with Crippen molar-refractivity contribution in [3.63, 3.8) is 0 Å². The molecule has 1 saturated carbocycles. The van der Waals surface area contributed by atoms with Gasteiger partial charge in [0.05, 0.1) is 0 Å². The van der Waals surface area contributed by atoms with Crippen molar-refractivity contribution >= 4 is 11.3 Å². The lowest BCUT2D eigenvalue weighted by Gasteiger charge is -2.00. The minimum absolute atomic E-state index is 0.198.